The fourth-order valence-corrected chi connectivity index (χ4v) is 3.41. The first kappa shape index (κ1) is 19.9. The molecule has 0 spiro atoms. The average molecular weight is 439 g/mol. The summed E-state index contributed by atoms with van der Waals surface area (Å²) in [4.78, 5) is 28.5. The highest BCUT2D eigenvalue weighted by molar-refractivity contribution is 6.42. The first-order valence-corrected chi connectivity index (χ1v) is 9.78. The van der Waals surface area contributed by atoms with E-state index in [0.29, 0.717) is 27.0 Å². The van der Waals surface area contributed by atoms with Crippen molar-refractivity contribution in [3.8, 4) is 5.69 Å². The van der Waals surface area contributed by atoms with Crippen LogP contribution < -0.4 is 10.6 Å². The van der Waals surface area contributed by atoms with Crippen LogP contribution >= 0.6 is 23.2 Å². The number of nitrogens with zero attached hydrogens (tertiary/aromatic N) is 2. The monoisotopic (exact) mass is 438 g/mol. The lowest BCUT2D eigenvalue weighted by molar-refractivity contribution is 0.0957. The van der Waals surface area contributed by atoms with Crippen molar-refractivity contribution in [2.75, 3.05) is 12.4 Å². The number of hydrogen-bond acceptors (Lipinski definition) is 3. The minimum atomic E-state index is -0.281. The van der Waals surface area contributed by atoms with E-state index in [1.165, 1.54) is 6.07 Å². The number of anilines is 1. The quantitative estimate of drug-likeness (QED) is 0.473. The molecule has 0 bridgehead atoms. The highest BCUT2D eigenvalue weighted by Gasteiger charge is 2.11. The van der Waals surface area contributed by atoms with E-state index in [2.05, 4.69) is 15.6 Å². The molecule has 4 rings (SSSR count). The van der Waals surface area contributed by atoms with Crippen LogP contribution in [-0.2, 0) is 0 Å². The maximum absolute atomic E-state index is 12.5. The number of amides is 2. The lowest BCUT2D eigenvalue weighted by atomic mass is 10.2. The Balaban J connectivity index is 1.62. The van der Waals surface area contributed by atoms with Crippen LogP contribution in [0.5, 0.6) is 0 Å². The van der Waals surface area contributed by atoms with Gasteiger partial charge in [0.05, 0.1) is 15.6 Å². The van der Waals surface area contributed by atoms with Gasteiger partial charge in [-0.25, -0.2) is 0 Å². The highest BCUT2D eigenvalue weighted by atomic mass is 35.5. The predicted molar refractivity (Wildman–Crippen MR) is 119 cm³/mol. The van der Waals surface area contributed by atoms with Crippen LogP contribution in [0.2, 0.25) is 10.0 Å². The molecule has 0 unspecified atom stereocenters. The molecule has 0 atom stereocenters. The average Bonchev–Trinajstić information content (AvgIpc) is 3.18. The van der Waals surface area contributed by atoms with E-state index in [4.69, 9.17) is 23.2 Å². The zero-order chi connectivity index (χ0) is 21.3. The van der Waals surface area contributed by atoms with Crippen molar-refractivity contribution in [1.82, 2.24) is 14.9 Å². The van der Waals surface area contributed by atoms with Gasteiger partial charge >= 0.3 is 0 Å². The van der Waals surface area contributed by atoms with Crippen molar-refractivity contribution in [2.45, 2.75) is 0 Å². The molecular formula is C22H16Cl2N4O2. The van der Waals surface area contributed by atoms with Crippen molar-refractivity contribution in [2.24, 2.45) is 0 Å². The molecule has 150 valence electrons. The molecule has 2 N–H and O–H groups in total. The van der Waals surface area contributed by atoms with Crippen molar-refractivity contribution in [3.63, 3.8) is 0 Å². The molecule has 0 aliphatic rings. The second kappa shape index (κ2) is 8.18. The zero-order valence-electron chi connectivity index (χ0n) is 15.8. The Labute approximate surface area is 182 Å². The number of nitrogens with one attached hydrogen (secondary N) is 2. The minimum absolute atomic E-state index is 0.249. The minimum Gasteiger partial charge on any atom is -0.354 e. The summed E-state index contributed by atoms with van der Waals surface area (Å²) >= 11 is 11.9. The summed E-state index contributed by atoms with van der Waals surface area (Å²) in [6.07, 6.45) is 3.50. The normalized spacial score (nSPS) is 10.8. The molecule has 0 fully saturated rings. The topological polar surface area (TPSA) is 76.0 Å². The number of halogens is 2. The molecule has 0 saturated carbocycles. The standard InChI is InChI=1S/C22H16Cl2N4O2/c1-25-22(30)19-12-16(6-8-26-19)28-9-7-13-10-15(3-5-20(13)28)27-21(29)14-2-4-17(23)18(24)11-14/h2-12H,1H3,(H,25,30)(H,27,29). The Hall–Kier alpha value is -3.35. The molecule has 2 amide bonds. The second-order valence-corrected chi connectivity index (χ2v) is 7.34. The van der Waals surface area contributed by atoms with Crippen LogP contribution in [0, 0.1) is 0 Å². The van der Waals surface area contributed by atoms with E-state index in [0.717, 1.165) is 16.6 Å². The molecule has 2 aromatic heterocycles. The summed E-state index contributed by atoms with van der Waals surface area (Å²) in [7, 11) is 1.57. The van der Waals surface area contributed by atoms with Crippen LogP contribution in [0.15, 0.2) is 67.0 Å². The number of fused-ring (bicyclic) bond motifs is 1. The van der Waals surface area contributed by atoms with Gasteiger partial charge in [-0.3, -0.25) is 14.6 Å². The highest BCUT2D eigenvalue weighted by Crippen LogP contribution is 2.26. The summed E-state index contributed by atoms with van der Waals surface area (Å²) in [6.45, 7) is 0. The van der Waals surface area contributed by atoms with Gasteiger partial charge in [0.25, 0.3) is 11.8 Å². The third-order valence-corrected chi connectivity index (χ3v) is 5.35. The number of carbonyl (C=O) groups is 2. The molecule has 0 aliphatic heterocycles. The molecule has 0 radical (unpaired) electrons. The molecule has 8 heteroatoms. The molecule has 0 aliphatic carbocycles. The summed E-state index contributed by atoms with van der Waals surface area (Å²) in [5.74, 6) is -0.530. The Morgan fingerprint density at radius 2 is 1.77 bits per heavy atom. The van der Waals surface area contributed by atoms with Crippen LogP contribution in [-0.4, -0.2) is 28.4 Å². The van der Waals surface area contributed by atoms with Crippen molar-refractivity contribution < 1.29 is 9.59 Å². The molecule has 30 heavy (non-hydrogen) atoms. The third kappa shape index (κ3) is 3.87. The summed E-state index contributed by atoms with van der Waals surface area (Å²) in [5.41, 5.74) is 3.14. The second-order valence-electron chi connectivity index (χ2n) is 6.52. The van der Waals surface area contributed by atoms with Crippen LogP contribution in [0.25, 0.3) is 16.6 Å². The van der Waals surface area contributed by atoms with E-state index >= 15 is 0 Å². The molecule has 2 heterocycles. The number of hydrogen-bond donors (Lipinski definition) is 2. The lowest BCUT2D eigenvalue weighted by Crippen LogP contribution is -2.19. The Kier molecular flexibility index (Phi) is 5.44. The van der Waals surface area contributed by atoms with Crippen LogP contribution in [0.4, 0.5) is 5.69 Å². The number of pyridine rings is 1. The van der Waals surface area contributed by atoms with Gasteiger partial charge in [0, 0.05) is 41.8 Å². The van der Waals surface area contributed by atoms with Gasteiger partial charge in [-0.2, -0.15) is 0 Å². The smallest absolute Gasteiger partial charge is 0.269 e. The van der Waals surface area contributed by atoms with Gasteiger partial charge in [0.15, 0.2) is 0 Å². The zero-order valence-corrected chi connectivity index (χ0v) is 17.3. The van der Waals surface area contributed by atoms with E-state index in [1.54, 1.807) is 31.4 Å². The fraction of sp³-hybridized carbons (Fsp3) is 0.0455. The van der Waals surface area contributed by atoms with E-state index in [9.17, 15) is 9.59 Å². The largest absolute Gasteiger partial charge is 0.354 e. The summed E-state index contributed by atoms with van der Waals surface area (Å²) in [6, 6.07) is 15.8. The van der Waals surface area contributed by atoms with Crippen LogP contribution in [0.1, 0.15) is 20.8 Å². The van der Waals surface area contributed by atoms with E-state index < -0.39 is 0 Å². The first-order chi connectivity index (χ1) is 14.5. The Morgan fingerprint density at radius 1 is 0.933 bits per heavy atom. The number of benzene rings is 2. The lowest BCUT2D eigenvalue weighted by Gasteiger charge is -2.09. The van der Waals surface area contributed by atoms with Gasteiger partial charge in [0.1, 0.15) is 5.69 Å². The van der Waals surface area contributed by atoms with Crippen molar-refractivity contribution in [1.29, 1.82) is 0 Å². The van der Waals surface area contributed by atoms with Crippen molar-refractivity contribution >= 4 is 51.6 Å². The Bertz CT molecular complexity index is 1280. The number of rotatable bonds is 4. The molecule has 4 aromatic rings. The molecular weight excluding hydrogens is 423 g/mol. The van der Waals surface area contributed by atoms with Crippen molar-refractivity contribution in [3.05, 3.63) is 88.3 Å². The van der Waals surface area contributed by atoms with Gasteiger partial charge in [-0.1, -0.05) is 23.2 Å². The van der Waals surface area contributed by atoms with E-state index in [1.807, 2.05) is 41.1 Å². The van der Waals surface area contributed by atoms with E-state index in [-0.39, 0.29) is 11.8 Å². The van der Waals surface area contributed by atoms with Gasteiger partial charge in [-0.15, -0.1) is 0 Å². The number of aromatic nitrogens is 2. The van der Waals surface area contributed by atoms with Gasteiger partial charge < -0.3 is 15.2 Å². The molecule has 6 nitrogen and oxygen atoms in total. The number of carbonyl (C=O) groups excluding carboxylic acids is 2. The predicted octanol–water partition coefficient (Wildman–Crippen LogP) is 4.94. The summed E-state index contributed by atoms with van der Waals surface area (Å²) < 4.78 is 1.95. The maximum Gasteiger partial charge on any atom is 0.269 e. The Morgan fingerprint density at radius 3 is 2.53 bits per heavy atom. The SMILES string of the molecule is CNC(=O)c1cc(-n2ccc3cc(NC(=O)c4ccc(Cl)c(Cl)c4)ccc32)ccn1. The van der Waals surface area contributed by atoms with Crippen LogP contribution in [0.3, 0.4) is 0 Å². The van der Waals surface area contributed by atoms with Gasteiger partial charge in [0.2, 0.25) is 0 Å². The molecule has 0 saturated heterocycles. The van der Waals surface area contributed by atoms with Gasteiger partial charge in [-0.05, 0) is 54.6 Å². The molecule has 2 aromatic carbocycles. The first-order valence-electron chi connectivity index (χ1n) is 9.02. The summed E-state index contributed by atoms with van der Waals surface area (Å²) in [5, 5.41) is 7.09. The maximum atomic E-state index is 12.5. The third-order valence-electron chi connectivity index (χ3n) is 4.61. The fourth-order valence-electron chi connectivity index (χ4n) is 3.11.